The van der Waals surface area contributed by atoms with Gasteiger partial charge < -0.3 is 5.11 Å². The monoisotopic (exact) mass is 440 g/mol. The summed E-state index contributed by atoms with van der Waals surface area (Å²) in [6.45, 7) is 5.66. The molecule has 4 aliphatic rings. The van der Waals surface area contributed by atoms with E-state index in [0.717, 1.165) is 50.0 Å². The van der Waals surface area contributed by atoms with E-state index in [4.69, 9.17) is 0 Å². The highest BCUT2D eigenvalue weighted by molar-refractivity contribution is 7.93. The molecule has 166 valence electrons. The van der Waals surface area contributed by atoms with Gasteiger partial charge in [-0.15, -0.1) is 0 Å². The SMILES string of the molecule is CC1C2CN(CC3(O)Cc4ccccc4C3)CC12.O=S(=O)(Nc1ccccc1)C1CC1. The van der Waals surface area contributed by atoms with Gasteiger partial charge >= 0.3 is 0 Å². The second-order valence-electron chi connectivity index (χ2n) is 9.94. The Hall–Kier alpha value is -1.89. The van der Waals surface area contributed by atoms with Crippen LogP contribution >= 0.6 is 0 Å². The molecular weight excluding hydrogens is 408 g/mol. The van der Waals surface area contributed by atoms with Gasteiger partial charge in [-0.1, -0.05) is 49.4 Å². The van der Waals surface area contributed by atoms with Crippen molar-refractivity contribution in [3.05, 3.63) is 65.7 Å². The second-order valence-corrected chi connectivity index (χ2v) is 11.9. The largest absolute Gasteiger partial charge is 0.388 e. The van der Waals surface area contributed by atoms with E-state index in [1.165, 1.54) is 24.2 Å². The molecule has 0 aromatic heterocycles. The lowest BCUT2D eigenvalue weighted by atomic mass is 9.99. The Balaban J connectivity index is 0.000000140. The van der Waals surface area contributed by atoms with Crippen LogP contribution in [-0.2, 0) is 22.9 Å². The van der Waals surface area contributed by atoms with E-state index < -0.39 is 15.6 Å². The minimum absolute atomic E-state index is 0.160. The summed E-state index contributed by atoms with van der Waals surface area (Å²) in [5.41, 5.74) is 2.83. The van der Waals surface area contributed by atoms with E-state index in [2.05, 4.69) is 40.8 Å². The normalized spacial score (nSPS) is 28.3. The van der Waals surface area contributed by atoms with E-state index in [1.807, 2.05) is 18.2 Å². The lowest BCUT2D eigenvalue weighted by Gasteiger charge is -2.29. The van der Waals surface area contributed by atoms with Gasteiger partial charge in [0.2, 0.25) is 10.0 Å². The summed E-state index contributed by atoms with van der Waals surface area (Å²) >= 11 is 0. The van der Waals surface area contributed by atoms with Crippen molar-refractivity contribution in [1.82, 2.24) is 4.90 Å². The molecular formula is C25H32N2O3S. The van der Waals surface area contributed by atoms with Crippen molar-refractivity contribution in [3.63, 3.8) is 0 Å². The number of rotatable bonds is 5. The Kier molecular flexibility index (Phi) is 5.35. The number of aliphatic hydroxyl groups is 1. The molecule has 3 fully saturated rings. The van der Waals surface area contributed by atoms with Crippen molar-refractivity contribution in [2.24, 2.45) is 17.8 Å². The predicted octanol–water partition coefficient (Wildman–Crippen LogP) is 3.30. The summed E-state index contributed by atoms with van der Waals surface area (Å²) in [7, 11) is -3.09. The van der Waals surface area contributed by atoms with E-state index >= 15 is 0 Å². The Morgan fingerprint density at radius 1 is 0.968 bits per heavy atom. The molecule has 0 amide bonds. The zero-order valence-corrected chi connectivity index (χ0v) is 18.9. The molecule has 1 aliphatic heterocycles. The Bertz CT molecular complexity index is 999. The van der Waals surface area contributed by atoms with Crippen molar-refractivity contribution < 1.29 is 13.5 Å². The number of fused-ring (bicyclic) bond motifs is 2. The molecule has 1 heterocycles. The molecule has 5 nitrogen and oxygen atoms in total. The molecule has 3 aliphatic carbocycles. The Morgan fingerprint density at radius 3 is 2.06 bits per heavy atom. The fraction of sp³-hybridized carbons (Fsp3) is 0.520. The van der Waals surface area contributed by atoms with Crippen LogP contribution in [0.3, 0.4) is 0 Å². The van der Waals surface area contributed by atoms with Crippen molar-refractivity contribution >= 4 is 15.7 Å². The summed E-state index contributed by atoms with van der Waals surface area (Å²) in [4.78, 5) is 2.49. The third-order valence-electron chi connectivity index (χ3n) is 7.37. The summed E-state index contributed by atoms with van der Waals surface area (Å²) in [5.74, 6) is 2.80. The predicted molar refractivity (Wildman–Crippen MR) is 123 cm³/mol. The first-order valence-electron chi connectivity index (χ1n) is 11.4. The third kappa shape index (κ3) is 4.66. The third-order valence-corrected chi connectivity index (χ3v) is 9.24. The van der Waals surface area contributed by atoms with Crippen molar-refractivity contribution in [2.75, 3.05) is 24.4 Å². The number of benzene rings is 2. The van der Waals surface area contributed by atoms with Crippen LogP contribution in [0.15, 0.2) is 54.6 Å². The van der Waals surface area contributed by atoms with E-state index in [-0.39, 0.29) is 5.25 Å². The maximum atomic E-state index is 11.5. The number of nitrogens with zero attached hydrogens (tertiary/aromatic N) is 1. The van der Waals surface area contributed by atoms with Crippen LogP contribution in [0.2, 0.25) is 0 Å². The maximum Gasteiger partial charge on any atom is 0.235 e. The van der Waals surface area contributed by atoms with Gasteiger partial charge in [0.25, 0.3) is 0 Å². The highest BCUT2D eigenvalue weighted by Gasteiger charge is 2.53. The summed E-state index contributed by atoms with van der Waals surface area (Å²) in [5, 5.41) is 10.6. The topological polar surface area (TPSA) is 69.6 Å². The number of piperidine rings is 1. The molecule has 0 bridgehead atoms. The average Bonchev–Trinajstić information content (AvgIpc) is 3.60. The van der Waals surface area contributed by atoms with Gasteiger partial charge in [-0.3, -0.25) is 9.62 Å². The molecule has 2 unspecified atom stereocenters. The molecule has 6 heteroatoms. The van der Waals surface area contributed by atoms with Gasteiger partial charge in [-0.05, 0) is 53.9 Å². The molecule has 0 radical (unpaired) electrons. The molecule has 0 spiro atoms. The number of β-amino-alcohol motifs (C(OH)–C–C–N with tert-alkyl or cyclic N) is 1. The zero-order chi connectivity index (χ0) is 21.6. The molecule has 2 aromatic carbocycles. The quantitative estimate of drug-likeness (QED) is 0.749. The molecule has 2 N–H and O–H groups in total. The van der Waals surface area contributed by atoms with Gasteiger partial charge in [-0.2, -0.15) is 0 Å². The molecule has 31 heavy (non-hydrogen) atoms. The number of anilines is 1. The Labute approximate surface area is 185 Å². The van der Waals surface area contributed by atoms with Gasteiger partial charge in [0.05, 0.1) is 10.9 Å². The van der Waals surface area contributed by atoms with Crippen molar-refractivity contribution in [1.29, 1.82) is 0 Å². The fourth-order valence-electron chi connectivity index (χ4n) is 5.37. The fourth-order valence-corrected chi connectivity index (χ4v) is 6.76. The van der Waals surface area contributed by atoms with E-state index in [0.29, 0.717) is 5.69 Å². The number of para-hydroxylation sites is 1. The summed E-state index contributed by atoms with van der Waals surface area (Å²) in [6, 6.07) is 17.5. The highest BCUT2D eigenvalue weighted by atomic mass is 32.2. The van der Waals surface area contributed by atoms with Gasteiger partial charge in [0.1, 0.15) is 0 Å². The maximum absolute atomic E-state index is 11.5. The van der Waals surface area contributed by atoms with Crippen LogP contribution in [0.25, 0.3) is 0 Å². The molecule has 1 saturated heterocycles. The number of hydrogen-bond acceptors (Lipinski definition) is 4. The average molecular weight is 441 g/mol. The van der Waals surface area contributed by atoms with Gasteiger partial charge in [0.15, 0.2) is 0 Å². The number of likely N-dealkylation sites (tertiary alicyclic amines) is 1. The van der Waals surface area contributed by atoms with Gasteiger partial charge in [0, 0.05) is 38.2 Å². The number of nitrogens with one attached hydrogen (secondary N) is 1. The smallest absolute Gasteiger partial charge is 0.235 e. The number of sulfonamides is 1. The van der Waals surface area contributed by atoms with Crippen LogP contribution in [-0.4, -0.2) is 48.9 Å². The van der Waals surface area contributed by atoms with Crippen LogP contribution in [0.5, 0.6) is 0 Å². The first-order chi connectivity index (χ1) is 14.8. The summed E-state index contributed by atoms with van der Waals surface area (Å²) < 4.78 is 25.5. The van der Waals surface area contributed by atoms with Crippen LogP contribution in [0.4, 0.5) is 5.69 Å². The lowest BCUT2D eigenvalue weighted by Crippen LogP contribution is -2.44. The van der Waals surface area contributed by atoms with E-state index in [9.17, 15) is 13.5 Å². The zero-order valence-electron chi connectivity index (χ0n) is 18.1. The molecule has 2 atom stereocenters. The minimum atomic E-state index is -3.09. The van der Waals surface area contributed by atoms with Gasteiger partial charge in [-0.25, -0.2) is 8.42 Å². The van der Waals surface area contributed by atoms with Crippen LogP contribution in [0, 0.1) is 17.8 Å². The molecule has 2 aromatic rings. The summed E-state index contributed by atoms with van der Waals surface area (Å²) in [6.07, 6.45) is 3.26. The first-order valence-corrected chi connectivity index (χ1v) is 13.0. The lowest BCUT2D eigenvalue weighted by molar-refractivity contribution is 0.0148. The standard InChI is InChI=1S/C16H21NO.C9H11NO2S/c1-11-14-8-17(9-15(11)14)10-16(18)6-12-4-2-3-5-13(12)7-16;11-13(12,9-6-7-9)10-8-4-2-1-3-5-8/h2-5,11,14-15,18H,6-10H2,1H3;1-5,9-10H,6-7H2. The van der Waals surface area contributed by atoms with Crippen molar-refractivity contribution in [3.8, 4) is 0 Å². The van der Waals surface area contributed by atoms with Crippen LogP contribution < -0.4 is 4.72 Å². The Morgan fingerprint density at radius 2 is 1.52 bits per heavy atom. The molecule has 6 rings (SSSR count). The van der Waals surface area contributed by atoms with Crippen LogP contribution in [0.1, 0.15) is 30.9 Å². The second kappa shape index (κ2) is 7.91. The highest BCUT2D eigenvalue weighted by Crippen LogP contribution is 2.51. The molecule has 2 saturated carbocycles. The minimum Gasteiger partial charge on any atom is -0.388 e. The van der Waals surface area contributed by atoms with Crippen molar-refractivity contribution in [2.45, 2.75) is 43.5 Å². The number of hydrogen-bond donors (Lipinski definition) is 2. The van der Waals surface area contributed by atoms with E-state index in [1.54, 1.807) is 12.1 Å². The first kappa shape index (κ1) is 21.0.